The molecule has 2 aromatic rings. The molecule has 1 aliphatic rings. The summed E-state index contributed by atoms with van der Waals surface area (Å²) in [7, 11) is 3.00. The zero-order chi connectivity index (χ0) is 21.0. The summed E-state index contributed by atoms with van der Waals surface area (Å²) in [6.45, 7) is 5.05. The van der Waals surface area contributed by atoms with E-state index in [0.717, 1.165) is 0 Å². The molecule has 7 heteroatoms. The number of fused-ring (bicyclic) bond motifs is 1. The van der Waals surface area contributed by atoms with Crippen molar-refractivity contribution in [2.45, 2.75) is 20.3 Å². The molecule has 0 bridgehead atoms. The molecule has 1 heterocycles. The highest BCUT2D eigenvalue weighted by atomic mass is 16.7. The summed E-state index contributed by atoms with van der Waals surface area (Å²) >= 11 is 0. The van der Waals surface area contributed by atoms with E-state index in [0.29, 0.717) is 52.8 Å². The third-order valence-electron chi connectivity index (χ3n) is 4.94. The van der Waals surface area contributed by atoms with Gasteiger partial charge in [-0.3, -0.25) is 9.59 Å². The molecule has 7 nitrogen and oxygen atoms in total. The Labute approximate surface area is 170 Å². The molecule has 0 fully saturated rings. The number of ketones is 1. The van der Waals surface area contributed by atoms with Crippen LogP contribution < -0.4 is 18.9 Å². The van der Waals surface area contributed by atoms with E-state index in [2.05, 4.69) is 0 Å². The van der Waals surface area contributed by atoms with Crippen molar-refractivity contribution in [3.8, 4) is 23.0 Å². The molecular formula is C22H25NO6. The number of amides is 1. The second kappa shape index (κ2) is 8.86. The second-order valence-corrected chi connectivity index (χ2v) is 6.48. The van der Waals surface area contributed by atoms with Crippen molar-refractivity contribution in [3.63, 3.8) is 0 Å². The van der Waals surface area contributed by atoms with Crippen LogP contribution in [0, 0.1) is 0 Å². The molecule has 2 aromatic carbocycles. The Balaban J connectivity index is 1.99. The van der Waals surface area contributed by atoms with E-state index in [9.17, 15) is 9.59 Å². The number of methoxy groups -OCH3 is 2. The van der Waals surface area contributed by atoms with Crippen molar-refractivity contribution < 1.29 is 28.5 Å². The van der Waals surface area contributed by atoms with Gasteiger partial charge in [0, 0.05) is 25.1 Å². The fourth-order valence-corrected chi connectivity index (χ4v) is 3.36. The number of rotatable bonds is 8. The van der Waals surface area contributed by atoms with Gasteiger partial charge in [0.2, 0.25) is 6.79 Å². The Morgan fingerprint density at radius 1 is 1.00 bits per heavy atom. The summed E-state index contributed by atoms with van der Waals surface area (Å²) in [5, 5.41) is 0. The molecular weight excluding hydrogens is 374 g/mol. The van der Waals surface area contributed by atoms with Crippen LogP contribution in [0.4, 0.5) is 0 Å². The third-order valence-corrected chi connectivity index (χ3v) is 4.94. The van der Waals surface area contributed by atoms with Crippen LogP contribution in [-0.2, 0) is 6.42 Å². The van der Waals surface area contributed by atoms with E-state index in [1.165, 1.54) is 14.2 Å². The number of ether oxygens (including phenoxy) is 4. The normalized spacial score (nSPS) is 11.9. The van der Waals surface area contributed by atoms with Gasteiger partial charge in [0.05, 0.1) is 19.8 Å². The number of Topliss-reactive ketones (excluding diaryl/α,β-unsaturated/α-hetero) is 1. The Hall–Kier alpha value is -3.22. The highest BCUT2D eigenvalue weighted by Crippen LogP contribution is 2.36. The molecule has 29 heavy (non-hydrogen) atoms. The van der Waals surface area contributed by atoms with Crippen LogP contribution in [0.25, 0.3) is 0 Å². The summed E-state index contributed by atoms with van der Waals surface area (Å²) in [5.74, 6) is 1.61. The molecule has 0 aromatic heterocycles. The van der Waals surface area contributed by atoms with Crippen LogP contribution in [0.1, 0.15) is 40.1 Å². The zero-order valence-corrected chi connectivity index (χ0v) is 17.1. The van der Waals surface area contributed by atoms with E-state index in [1.807, 2.05) is 13.8 Å². The van der Waals surface area contributed by atoms with Gasteiger partial charge in [0.15, 0.2) is 28.8 Å². The van der Waals surface area contributed by atoms with Crippen molar-refractivity contribution in [1.29, 1.82) is 0 Å². The predicted octanol–water partition coefficient (Wildman–Crippen LogP) is 3.34. The SMILES string of the molecule is CCN(CC)C(=O)c1c(CC(=O)c2ccc3c(c2)OCO3)ccc(OC)c1OC. The first kappa shape index (κ1) is 20.5. The summed E-state index contributed by atoms with van der Waals surface area (Å²) in [6, 6.07) is 8.52. The van der Waals surface area contributed by atoms with E-state index >= 15 is 0 Å². The molecule has 1 amide bonds. The van der Waals surface area contributed by atoms with Gasteiger partial charge in [-0.1, -0.05) is 6.07 Å². The summed E-state index contributed by atoms with van der Waals surface area (Å²) < 4.78 is 21.5. The van der Waals surface area contributed by atoms with Gasteiger partial charge < -0.3 is 23.8 Å². The Morgan fingerprint density at radius 3 is 2.38 bits per heavy atom. The van der Waals surface area contributed by atoms with Crippen LogP contribution in [0.2, 0.25) is 0 Å². The summed E-state index contributed by atoms with van der Waals surface area (Å²) in [4.78, 5) is 27.8. The van der Waals surface area contributed by atoms with Crippen LogP contribution in [0.3, 0.4) is 0 Å². The minimum atomic E-state index is -0.195. The Bertz CT molecular complexity index is 920. The fraction of sp³-hybridized carbons (Fsp3) is 0.364. The highest BCUT2D eigenvalue weighted by molar-refractivity contribution is 6.03. The number of carbonyl (C=O) groups excluding carboxylic acids is 2. The van der Waals surface area contributed by atoms with Crippen LogP contribution in [-0.4, -0.2) is 50.7 Å². The first-order valence-electron chi connectivity index (χ1n) is 9.49. The van der Waals surface area contributed by atoms with Gasteiger partial charge in [-0.05, 0) is 43.7 Å². The van der Waals surface area contributed by atoms with Crippen LogP contribution in [0.15, 0.2) is 30.3 Å². The maximum Gasteiger partial charge on any atom is 0.258 e. The van der Waals surface area contributed by atoms with Gasteiger partial charge in [-0.15, -0.1) is 0 Å². The smallest absolute Gasteiger partial charge is 0.258 e. The van der Waals surface area contributed by atoms with E-state index < -0.39 is 0 Å². The van der Waals surface area contributed by atoms with Crippen molar-refractivity contribution in [1.82, 2.24) is 4.90 Å². The number of hydrogen-bond donors (Lipinski definition) is 0. The summed E-state index contributed by atoms with van der Waals surface area (Å²) in [6.07, 6.45) is 0.0440. The zero-order valence-electron chi connectivity index (χ0n) is 17.1. The van der Waals surface area contributed by atoms with Gasteiger partial charge in [0.1, 0.15) is 0 Å². The maximum absolute atomic E-state index is 13.2. The van der Waals surface area contributed by atoms with E-state index in [-0.39, 0.29) is 24.9 Å². The second-order valence-electron chi connectivity index (χ2n) is 6.48. The summed E-state index contributed by atoms with van der Waals surface area (Å²) in [5.41, 5.74) is 1.43. The largest absolute Gasteiger partial charge is 0.493 e. The molecule has 0 radical (unpaired) electrons. The first-order chi connectivity index (χ1) is 14.0. The molecule has 0 saturated carbocycles. The standard InChI is InChI=1S/C22H25NO6/c1-5-23(6-2)22(25)20-15(8-10-18(26-3)21(20)27-4)11-16(24)14-7-9-17-19(12-14)29-13-28-17/h7-10,12H,5-6,11,13H2,1-4H3. The Morgan fingerprint density at radius 2 is 1.72 bits per heavy atom. The van der Waals surface area contributed by atoms with Crippen molar-refractivity contribution >= 4 is 11.7 Å². The van der Waals surface area contributed by atoms with Gasteiger partial charge in [0.25, 0.3) is 5.91 Å². The number of carbonyl (C=O) groups is 2. The van der Waals surface area contributed by atoms with Crippen LogP contribution in [0.5, 0.6) is 23.0 Å². The van der Waals surface area contributed by atoms with E-state index in [4.69, 9.17) is 18.9 Å². The average molecular weight is 399 g/mol. The molecule has 0 unspecified atom stereocenters. The van der Waals surface area contributed by atoms with Gasteiger partial charge >= 0.3 is 0 Å². The Kier molecular flexibility index (Phi) is 6.26. The lowest BCUT2D eigenvalue weighted by Gasteiger charge is -2.23. The minimum absolute atomic E-state index is 0.0440. The van der Waals surface area contributed by atoms with Crippen LogP contribution >= 0.6 is 0 Å². The molecule has 0 aliphatic carbocycles. The third kappa shape index (κ3) is 3.99. The van der Waals surface area contributed by atoms with Crippen molar-refractivity contribution in [2.75, 3.05) is 34.1 Å². The average Bonchev–Trinajstić information content (AvgIpc) is 3.21. The van der Waals surface area contributed by atoms with Crippen molar-refractivity contribution in [3.05, 3.63) is 47.0 Å². The fourth-order valence-electron chi connectivity index (χ4n) is 3.36. The van der Waals surface area contributed by atoms with Gasteiger partial charge in [-0.2, -0.15) is 0 Å². The highest BCUT2D eigenvalue weighted by Gasteiger charge is 2.26. The lowest BCUT2D eigenvalue weighted by molar-refractivity contribution is 0.0768. The first-order valence-corrected chi connectivity index (χ1v) is 9.49. The molecule has 154 valence electrons. The molecule has 0 saturated heterocycles. The quantitative estimate of drug-likeness (QED) is 0.634. The van der Waals surface area contributed by atoms with Crippen molar-refractivity contribution in [2.24, 2.45) is 0 Å². The molecule has 3 rings (SSSR count). The molecule has 1 aliphatic heterocycles. The molecule has 0 N–H and O–H groups in total. The lowest BCUT2D eigenvalue weighted by Crippen LogP contribution is -2.32. The van der Waals surface area contributed by atoms with Gasteiger partial charge in [-0.25, -0.2) is 0 Å². The van der Waals surface area contributed by atoms with E-state index in [1.54, 1.807) is 35.2 Å². The monoisotopic (exact) mass is 399 g/mol. The number of hydrogen-bond acceptors (Lipinski definition) is 6. The number of nitrogens with zero attached hydrogens (tertiary/aromatic N) is 1. The minimum Gasteiger partial charge on any atom is -0.493 e. The lowest BCUT2D eigenvalue weighted by atomic mass is 9.96. The predicted molar refractivity (Wildman–Crippen MR) is 107 cm³/mol. The maximum atomic E-state index is 13.2. The number of benzene rings is 2. The molecule has 0 atom stereocenters. The topological polar surface area (TPSA) is 74.3 Å². The molecule has 0 spiro atoms.